The van der Waals surface area contributed by atoms with Crippen molar-refractivity contribution < 1.29 is 4.74 Å². The molecular weight excluding hydrogens is 269 g/mol. The number of methoxy groups -OCH3 is 1. The second-order valence-electron chi connectivity index (χ2n) is 5.26. The average molecular weight is 284 g/mol. The quantitative estimate of drug-likeness (QED) is 0.698. The Morgan fingerprint density at radius 1 is 1.11 bits per heavy atom. The molecule has 96 valence electrons. The number of ether oxygens (including phenoxy) is 1. The molecule has 18 heavy (non-hydrogen) atoms. The predicted octanol–water partition coefficient (Wildman–Crippen LogP) is 4.85. The predicted molar refractivity (Wildman–Crippen MR) is 77.0 cm³/mol. The van der Waals surface area contributed by atoms with Crippen LogP contribution in [-0.4, -0.2) is 12.1 Å². The fourth-order valence-electron chi connectivity index (χ4n) is 1.83. The van der Waals surface area contributed by atoms with Gasteiger partial charge < -0.3 is 4.74 Å². The smallest absolute Gasteiger partial charge is 0.139 e. The molecule has 0 radical (unpaired) electrons. The van der Waals surface area contributed by atoms with Gasteiger partial charge in [-0.1, -0.05) is 44.0 Å². The lowest BCUT2D eigenvalue weighted by molar-refractivity contribution is 0.415. The number of pyridine rings is 1. The van der Waals surface area contributed by atoms with Crippen molar-refractivity contribution in [3.63, 3.8) is 0 Å². The maximum Gasteiger partial charge on any atom is 0.139 e. The number of hydrogen-bond acceptors (Lipinski definition) is 2. The third-order valence-corrected chi connectivity index (χ3v) is 3.43. The van der Waals surface area contributed by atoms with E-state index in [1.165, 1.54) is 0 Å². The van der Waals surface area contributed by atoms with Crippen molar-refractivity contribution in [3.05, 3.63) is 33.9 Å². The summed E-state index contributed by atoms with van der Waals surface area (Å²) in [5.41, 5.74) is 1.75. The van der Waals surface area contributed by atoms with Gasteiger partial charge in [0.1, 0.15) is 10.9 Å². The van der Waals surface area contributed by atoms with Crippen molar-refractivity contribution in [1.29, 1.82) is 0 Å². The number of fused-ring (bicyclic) bond motifs is 1. The minimum absolute atomic E-state index is 0.0509. The van der Waals surface area contributed by atoms with Gasteiger partial charge in [-0.2, -0.15) is 0 Å². The average Bonchev–Trinajstić information content (AvgIpc) is 2.26. The third kappa shape index (κ3) is 2.40. The van der Waals surface area contributed by atoms with Crippen LogP contribution < -0.4 is 4.74 Å². The monoisotopic (exact) mass is 283 g/mol. The normalized spacial score (nSPS) is 11.9. The second-order valence-corrected chi connectivity index (χ2v) is 6.02. The van der Waals surface area contributed by atoms with Gasteiger partial charge in [-0.15, -0.1) is 0 Å². The van der Waals surface area contributed by atoms with Crippen LogP contribution in [0, 0.1) is 0 Å². The van der Waals surface area contributed by atoms with Crippen molar-refractivity contribution in [2.45, 2.75) is 26.2 Å². The Bertz CT molecular complexity index is 603. The van der Waals surface area contributed by atoms with Crippen LogP contribution >= 0.6 is 23.2 Å². The Labute approximate surface area is 117 Å². The largest absolute Gasteiger partial charge is 0.495 e. The summed E-state index contributed by atoms with van der Waals surface area (Å²) in [6.45, 7) is 6.31. The van der Waals surface area contributed by atoms with Gasteiger partial charge in [0.25, 0.3) is 0 Å². The molecule has 0 N–H and O–H groups in total. The molecule has 0 saturated heterocycles. The molecule has 1 aromatic heterocycles. The highest BCUT2D eigenvalue weighted by atomic mass is 35.5. The first-order valence-electron chi connectivity index (χ1n) is 5.67. The van der Waals surface area contributed by atoms with Crippen molar-refractivity contribution in [2.24, 2.45) is 0 Å². The Kier molecular flexibility index (Phi) is 3.43. The molecule has 0 spiro atoms. The summed E-state index contributed by atoms with van der Waals surface area (Å²) in [5, 5.41) is 2.07. The van der Waals surface area contributed by atoms with E-state index in [-0.39, 0.29) is 5.41 Å². The standard InChI is InChI=1S/C14H15Cl2NO/c1-14(2,3)9-5-8-6-10(15)12(18-4)7-11(8)17-13(9)16/h5-7H,1-4H3. The minimum atomic E-state index is -0.0509. The van der Waals surface area contributed by atoms with Gasteiger partial charge in [0.2, 0.25) is 0 Å². The minimum Gasteiger partial charge on any atom is -0.495 e. The molecule has 2 aromatic rings. The summed E-state index contributed by atoms with van der Waals surface area (Å²) in [4.78, 5) is 4.42. The van der Waals surface area contributed by atoms with E-state index < -0.39 is 0 Å². The summed E-state index contributed by atoms with van der Waals surface area (Å²) in [6.07, 6.45) is 0. The van der Waals surface area contributed by atoms with E-state index >= 15 is 0 Å². The molecular formula is C14H15Cl2NO. The van der Waals surface area contributed by atoms with Crippen LogP contribution in [0.5, 0.6) is 5.75 Å². The molecule has 2 rings (SSSR count). The van der Waals surface area contributed by atoms with Crippen LogP contribution in [-0.2, 0) is 5.41 Å². The molecule has 1 heterocycles. The van der Waals surface area contributed by atoms with Crippen molar-refractivity contribution in [2.75, 3.05) is 7.11 Å². The third-order valence-electron chi connectivity index (χ3n) is 2.85. The zero-order chi connectivity index (χ0) is 13.5. The number of hydrogen-bond donors (Lipinski definition) is 0. The van der Waals surface area contributed by atoms with E-state index in [9.17, 15) is 0 Å². The highest BCUT2D eigenvalue weighted by Crippen LogP contribution is 2.34. The lowest BCUT2D eigenvalue weighted by atomic mass is 9.87. The van der Waals surface area contributed by atoms with Crippen molar-refractivity contribution in [1.82, 2.24) is 4.98 Å². The van der Waals surface area contributed by atoms with E-state index in [1.54, 1.807) is 13.2 Å². The molecule has 0 aliphatic carbocycles. The molecule has 0 aliphatic rings. The molecule has 4 heteroatoms. The summed E-state index contributed by atoms with van der Waals surface area (Å²) >= 11 is 12.4. The number of aromatic nitrogens is 1. The van der Waals surface area contributed by atoms with Gasteiger partial charge in [0.05, 0.1) is 17.6 Å². The van der Waals surface area contributed by atoms with Gasteiger partial charge in [-0.05, 0) is 23.1 Å². The van der Waals surface area contributed by atoms with Crippen LogP contribution in [0.4, 0.5) is 0 Å². The first-order chi connectivity index (χ1) is 8.32. The lowest BCUT2D eigenvalue weighted by Gasteiger charge is -2.20. The number of benzene rings is 1. The van der Waals surface area contributed by atoms with E-state index in [2.05, 4.69) is 25.8 Å². The van der Waals surface area contributed by atoms with E-state index in [1.807, 2.05) is 12.1 Å². The molecule has 0 fully saturated rings. The fourth-order valence-corrected chi connectivity index (χ4v) is 2.51. The summed E-state index contributed by atoms with van der Waals surface area (Å²) in [7, 11) is 1.58. The zero-order valence-corrected chi connectivity index (χ0v) is 12.4. The summed E-state index contributed by atoms with van der Waals surface area (Å²) in [5.74, 6) is 0.608. The van der Waals surface area contributed by atoms with Gasteiger partial charge in [0, 0.05) is 11.5 Å². The Morgan fingerprint density at radius 2 is 1.78 bits per heavy atom. The maximum absolute atomic E-state index is 6.24. The second kappa shape index (κ2) is 4.60. The van der Waals surface area contributed by atoms with Gasteiger partial charge in [0.15, 0.2) is 0 Å². The SMILES string of the molecule is COc1cc2nc(Cl)c(C(C)(C)C)cc2cc1Cl. The molecule has 1 aromatic carbocycles. The van der Waals surface area contributed by atoms with Gasteiger partial charge >= 0.3 is 0 Å². The van der Waals surface area contributed by atoms with Crippen LogP contribution in [0.3, 0.4) is 0 Å². The summed E-state index contributed by atoms with van der Waals surface area (Å²) < 4.78 is 5.18. The van der Waals surface area contributed by atoms with Crippen LogP contribution in [0.15, 0.2) is 18.2 Å². The van der Waals surface area contributed by atoms with Crippen LogP contribution in [0.1, 0.15) is 26.3 Å². The molecule has 0 unspecified atom stereocenters. The van der Waals surface area contributed by atoms with Gasteiger partial charge in [-0.3, -0.25) is 0 Å². The maximum atomic E-state index is 6.24. The van der Waals surface area contributed by atoms with Crippen LogP contribution in [0.2, 0.25) is 10.2 Å². The topological polar surface area (TPSA) is 22.1 Å². The molecule has 0 saturated carbocycles. The first-order valence-corrected chi connectivity index (χ1v) is 6.43. The van der Waals surface area contributed by atoms with Gasteiger partial charge in [-0.25, -0.2) is 4.98 Å². The Morgan fingerprint density at radius 3 is 2.33 bits per heavy atom. The number of rotatable bonds is 1. The van der Waals surface area contributed by atoms with E-state index in [0.29, 0.717) is 15.9 Å². The molecule has 0 aliphatic heterocycles. The zero-order valence-electron chi connectivity index (χ0n) is 10.8. The highest BCUT2D eigenvalue weighted by molar-refractivity contribution is 6.33. The van der Waals surface area contributed by atoms with Crippen molar-refractivity contribution >= 4 is 34.1 Å². The molecule has 0 amide bonds. The molecule has 0 bridgehead atoms. The lowest BCUT2D eigenvalue weighted by Crippen LogP contribution is -2.12. The van der Waals surface area contributed by atoms with E-state index in [4.69, 9.17) is 27.9 Å². The van der Waals surface area contributed by atoms with Crippen molar-refractivity contribution in [3.8, 4) is 5.75 Å². The Hall–Kier alpha value is -0.990. The van der Waals surface area contributed by atoms with E-state index in [0.717, 1.165) is 16.5 Å². The Balaban J connectivity index is 2.73. The molecule has 0 atom stereocenters. The van der Waals surface area contributed by atoms with Crippen LogP contribution in [0.25, 0.3) is 10.9 Å². The fraction of sp³-hybridized carbons (Fsp3) is 0.357. The summed E-state index contributed by atoms with van der Waals surface area (Å²) in [6, 6.07) is 5.69. The number of halogens is 2. The highest BCUT2D eigenvalue weighted by Gasteiger charge is 2.19. The first kappa shape index (κ1) is 13.4. The molecule has 2 nitrogen and oxygen atoms in total. The number of nitrogens with zero attached hydrogens (tertiary/aromatic N) is 1.